The van der Waals surface area contributed by atoms with E-state index in [0.29, 0.717) is 0 Å². The molecule has 0 spiro atoms. The van der Waals surface area contributed by atoms with Crippen molar-refractivity contribution in [3.63, 3.8) is 0 Å². The fourth-order valence-electron chi connectivity index (χ4n) is 3.49. The molecule has 0 heterocycles. The molecule has 1 nitrogen and oxygen atoms in total. The van der Waals surface area contributed by atoms with Crippen LogP contribution in [0.25, 0.3) is 0 Å². The Labute approximate surface area is 168 Å². The molecule has 1 aromatic carbocycles. The molecule has 0 unspecified atom stereocenters. The zero-order chi connectivity index (χ0) is 17.5. The quantitative estimate of drug-likeness (QED) is 0.291. The summed E-state index contributed by atoms with van der Waals surface area (Å²) in [4.78, 5) is 0. The molecule has 0 saturated heterocycles. The summed E-state index contributed by atoms with van der Waals surface area (Å²) >= 11 is 0. The normalized spacial score (nSPS) is 10.7. The van der Waals surface area contributed by atoms with Crippen LogP contribution in [0.15, 0.2) is 18.2 Å². The van der Waals surface area contributed by atoms with Gasteiger partial charge in [-0.25, -0.2) is 0 Å². The minimum atomic E-state index is 0. The van der Waals surface area contributed by atoms with Crippen LogP contribution in [-0.4, -0.2) is 6.54 Å². The highest BCUT2D eigenvalue weighted by Crippen LogP contribution is 2.12. The lowest BCUT2D eigenvalue weighted by Crippen LogP contribution is -2.14. The van der Waals surface area contributed by atoms with Gasteiger partial charge in [-0.3, -0.25) is 0 Å². The fraction of sp³-hybridized carbons (Fsp3) is 0.739. The molecule has 146 valence electrons. The van der Waals surface area contributed by atoms with Crippen molar-refractivity contribution >= 4 is 17.0 Å². The zero-order valence-corrected chi connectivity index (χ0v) is 18.8. The lowest BCUT2D eigenvalue weighted by molar-refractivity contribution is 0.535. The lowest BCUT2D eigenvalue weighted by Gasteiger charge is -2.07. The smallest absolute Gasteiger partial charge is 0.0205 e. The molecule has 1 aromatic rings. The average Bonchev–Trinajstić information content (AvgIpc) is 2.54. The Balaban J connectivity index is 0.00000576. The van der Waals surface area contributed by atoms with Crippen LogP contribution in [-0.2, 0) is 6.54 Å². The van der Waals surface area contributed by atoms with Gasteiger partial charge in [-0.05, 0) is 32.4 Å². The van der Waals surface area contributed by atoms with Gasteiger partial charge in [0, 0.05) is 6.54 Å². The molecule has 0 amide bonds. The van der Waals surface area contributed by atoms with Gasteiger partial charge in [-0.2, -0.15) is 0 Å². The van der Waals surface area contributed by atoms with Crippen molar-refractivity contribution in [2.45, 2.75) is 104 Å². The van der Waals surface area contributed by atoms with E-state index >= 15 is 0 Å². The summed E-state index contributed by atoms with van der Waals surface area (Å²) in [6.45, 7) is 8.83. The minimum Gasteiger partial charge on any atom is -0.313 e. The van der Waals surface area contributed by atoms with Crippen molar-refractivity contribution in [3.8, 4) is 0 Å². The summed E-state index contributed by atoms with van der Waals surface area (Å²) in [5.41, 5.74) is 4.17. The summed E-state index contributed by atoms with van der Waals surface area (Å²) in [6, 6.07) is 6.83. The number of hydrogen-bond donors (Lipinski definition) is 1. The molecule has 1 N–H and O–H groups in total. The Morgan fingerprint density at radius 3 is 1.56 bits per heavy atom. The maximum Gasteiger partial charge on any atom is 0.0205 e. The monoisotopic (exact) mass is 411 g/mol. The number of rotatable bonds is 15. The van der Waals surface area contributed by atoms with Crippen molar-refractivity contribution in [2.24, 2.45) is 0 Å². The van der Waals surface area contributed by atoms with Gasteiger partial charge in [0.15, 0.2) is 0 Å². The molecule has 25 heavy (non-hydrogen) atoms. The van der Waals surface area contributed by atoms with E-state index in [0.717, 1.165) is 13.1 Å². The Bertz CT molecular complexity index is 396. The maximum atomic E-state index is 3.59. The molecule has 0 aliphatic carbocycles. The molecule has 0 saturated carbocycles. The van der Waals surface area contributed by atoms with Crippen LogP contribution in [0.2, 0.25) is 0 Å². The molecule has 0 aliphatic heterocycles. The van der Waals surface area contributed by atoms with Crippen molar-refractivity contribution < 1.29 is 0 Å². The second-order valence-electron chi connectivity index (χ2n) is 7.56. The average molecular weight is 413 g/mol. The van der Waals surface area contributed by atoms with E-state index in [1.54, 1.807) is 0 Å². The summed E-state index contributed by atoms with van der Waals surface area (Å²) in [6.07, 6.45) is 17.1. The van der Waals surface area contributed by atoms with Crippen LogP contribution in [0.3, 0.4) is 0 Å². The topological polar surface area (TPSA) is 12.0 Å². The van der Waals surface area contributed by atoms with E-state index in [2.05, 4.69) is 44.3 Å². The van der Waals surface area contributed by atoms with E-state index in [1.165, 1.54) is 93.7 Å². The largest absolute Gasteiger partial charge is 0.313 e. The highest BCUT2D eigenvalue weighted by atomic mass is 79.9. The van der Waals surface area contributed by atoms with Crippen LogP contribution in [0.4, 0.5) is 0 Å². The van der Waals surface area contributed by atoms with Crippen LogP contribution >= 0.6 is 17.0 Å². The molecule has 0 fully saturated rings. The van der Waals surface area contributed by atoms with Crippen LogP contribution < -0.4 is 5.32 Å². The predicted molar refractivity (Wildman–Crippen MR) is 119 cm³/mol. The highest BCUT2D eigenvalue weighted by molar-refractivity contribution is 8.93. The predicted octanol–water partition coefficient (Wildman–Crippen LogP) is 7.67. The summed E-state index contributed by atoms with van der Waals surface area (Å²) in [5, 5.41) is 3.59. The van der Waals surface area contributed by atoms with E-state index in [1.807, 2.05) is 0 Å². The Hall–Kier alpha value is -0.340. The van der Waals surface area contributed by atoms with E-state index in [4.69, 9.17) is 0 Å². The van der Waals surface area contributed by atoms with Gasteiger partial charge in [0.25, 0.3) is 0 Å². The van der Waals surface area contributed by atoms with Crippen molar-refractivity contribution in [2.75, 3.05) is 6.54 Å². The zero-order valence-electron chi connectivity index (χ0n) is 17.0. The summed E-state index contributed by atoms with van der Waals surface area (Å²) < 4.78 is 0. The van der Waals surface area contributed by atoms with Crippen LogP contribution in [0.5, 0.6) is 0 Å². The van der Waals surface area contributed by atoms with Crippen LogP contribution in [0.1, 0.15) is 101 Å². The molecular formula is C23H42BrN. The van der Waals surface area contributed by atoms with Crippen molar-refractivity contribution in [1.29, 1.82) is 0 Å². The highest BCUT2D eigenvalue weighted by Gasteiger charge is 1.97. The molecule has 0 aliphatic rings. The number of halogens is 1. The third kappa shape index (κ3) is 14.5. The van der Waals surface area contributed by atoms with Gasteiger partial charge in [-0.15, -0.1) is 17.0 Å². The third-order valence-electron chi connectivity index (χ3n) is 4.82. The first kappa shape index (κ1) is 24.7. The van der Waals surface area contributed by atoms with Crippen molar-refractivity contribution in [1.82, 2.24) is 5.32 Å². The lowest BCUT2D eigenvalue weighted by atomic mass is 10.1. The SMILES string of the molecule is Br.CCCCCCCCCCCCCCNCc1cc(C)cc(C)c1. The maximum absolute atomic E-state index is 3.59. The Morgan fingerprint density at radius 2 is 1.08 bits per heavy atom. The minimum absolute atomic E-state index is 0. The first-order valence-electron chi connectivity index (χ1n) is 10.5. The molecule has 1 rings (SSSR count). The number of aryl methyl sites for hydroxylation is 2. The van der Waals surface area contributed by atoms with Gasteiger partial charge in [0.2, 0.25) is 0 Å². The molecular weight excluding hydrogens is 370 g/mol. The summed E-state index contributed by atoms with van der Waals surface area (Å²) in [7, 11) is 0. The van der Waals surface area contributed by atoms with Crippen molar-refractivity contribution in [3.05, 3.63) is 34.9 Å². The third-order valence-corrected chi connectivity index (χ3v) is 4.82. The fourth-order valence-corrected chi connectivity index (χ4v) is 3.49. The van der Waals surface area contributed by atoms with Gasteiger partial charge >= 0.3 is 0 Å². The molecule has 0 aromatic heterocycles. The number of hydrogen-bond acceptors (Lipinski definition) is 1. The molecule has 0 bridgehead atoms. The Kier molecular flexibility index (Phi) is 16.9. The molecule has 0 radical (unpaired) electrons. The standard InChI is InChI=1S/C23H41N.BrH/c1-4-5-6-7-8-9-10-11-12-13-14-15-16-24-20-23-18-21(2)17-22(3)19-23;/h17-19,24H,4-16,20H2,1-3H3;1H. The first-order valence-corrected chi connectivity index (χ1v) is 10.5. The van der Waals surface area contributed by atoms with E-state index < -0.39 is 0 Å². The van der Waals surface area contributed by atoms with E-state index in [-0.39, 0.29) is 17.0 Å². The first-order chi connectivity index (χ1) is 11.7. The van der Waals surface area contributed by atoms with Gasteiger partial charge in [0.05, 0.1) is 0 Å². The van der Waals surface area contributed by atoms with E-state index in [9.17, 15) is 0 Å². The molecule has 2 heteroatoms. The van der Waals surface area contributed by atoms with Gasteiger partial charge in [-0.1, -0.05) is 107 Å². The second kappa shape index (κ2) is 17.1. The second-order valence-corrected chi connectivity index (χ2v) is 7.56. The summed E-state index contributed by atoms with van der Waals surface area (Å²) in [5.74, 6) is 0. The Morgan fingerprint density at radius 1 is 0.640 bits per heavy atom. The number of nitrogens with one attached hydrogen (secondary N) is 1. The van der Waals surface area contributed by atoms with Crippen LogP contribution in [0, 0.1) is 13.8 Å². The molecule has 0 atom stereocenters. The number of unbranched alkanes of at least 4 members (excludes halogenated alkanes) is 11. The number of benzene rings is 1. The van der Waals surface area contributed by atoms with Gasteiger partial charge in [0.1, 0.15) is 0 Å². The van der Waals surface area contributed by atoms with Gasteiger partial charge < -0.3 is 5.32 Å².